The van der Waals surface area contributed by atoms with Crippen LogP contribution in [0.1, 0.15) is 46.1 Å². The molecule has 0 fully saturated rings. The number of pyridine rings is 1. The predicted octanol–water partition coefficient (Wildman–Crippen LogP) is 2.96. The summed E-state index contributed by atoms with van der Waals surface area (Å²) in [6, 6.07) is 13.4. The summed E-state index contributed by atoms with van der Waals surface area (Å²) in [5, 5.41) is 5.74. The smallest absolute Gasteiger partial charge is 0.287 e. The Kier molecular flexibility index (Phi) is 5.54. The van der Waals surface area contributed by atoms with Crippen LogP contribution >= 0.6 is 0 Å². The number of carbonyl (C=O) groups excluding carboxylic acids is 2. The molecule has 0 spiro atoms. The summed E-state index contributed by atoms with van der Waals surface area (Å²) in [6.07, 6.45) is 1.74. The highest BCUT2D eigenvalue weighted by molar-refractivity contribution is 6.02. The molecule has 0 bridgehead atoms. The summed E-state index contributed by atoms with van der Waals surface area (Å²) < 4.78 is 1.65. The highest BCUT2D eigenvalue weighted by Crippen LogP contribution is 2.14. The van der Waals surface area contributed by atoms with E-state index in [0.29, 0.717) is 24.5 Å². The lowest BCUT2D eigenvalue weighted by Gasteiger charge is -2.06. The molecule has 2 aromatic heterocycles. The zero-order valence-corrected chi connectivity index (χ0v) is 15.8. The second-order valence-electron chi connectivity index (χ2n) is 7.02. The van der Waals surface area contributed by atoms with Crippen molar-refractivity contribution in [2.24, 2.45) is 5.92 Å². The van der Waals surface area contributed by atoms with Crippen LogP contribution in [0.4, 0.5) is 0 Å². The Morgan fingerprint density at radius 1 is 1.07 bits per heavy atom. The van der Waals surface area contributed by atoms with E-state index in [1.165, 1.54) is 0 Å². The van der Waals surface area contributed by atoms with E-state index >= 15 is 0 Å². The largest absolute Gasteiger partial charge is 0.349 e. The third-order valence-corrected chi connectivity index (χ3v) is 4.17. The summed E-state index contributed by atoms with van der Waals surface area (Å²) >= 11 is 0. The van der Waals surface area contributed by atoms with Crippen LogP contribution in [0.15, 0.2) is 48.7 Å². The van der Waals surface area contributed by atoms with Gasteiger partial charge in [0.2, 0.25) is 5.82 Å². The first kappa shape index (κ1) is 18.6. The number of hydrogen-bond donors (Lipinski definition) is 2. The molecule has 0 aliphatic carbocycles. The number of imidazole rings is 1. The Morgan fingerprint density at radius 3 is 2.63 bits per heavy atom. The molecule has 2 amide bonds. The van der Waals surface area contributed by atoms with E-state index in [9.17, 15) is 9.59 Å². The summed E-state index contributed by atoms with van der Waals surface area (Å²) in [6.45, 7) is 7.01. The highest BCUT2D eigenvalue weighted by atomic mass is 16.2. The second-order valence-corrected chi connectivity index (χ2v) is 7.02. The third kappa shape index (κ3) is 4.34. The molecule has 1 aromatic carbocycles. The molecule has 0 unspecified atom stereocenters. The van der Waals surface area contributed by atoms with Gasteiger partial charge in [0, 0.05) is 19.3 Å². The quantitative estimate of drug-likeness (QED) is 0.706. The fraction of sp³-hybridized carbons (Fsp3) is 0.286. The minimum Gasteiger partial charge on any atom is -0.349 e. The lowest BCUT2D eigenvalue weighted by atomic mass is 10.1. The minimum atomic E-state index is -0.303. The van der Waals surface area contributed by atoms with Crippen molar-refractivity contribution >= 4 is 17.3 Å². The van der Waals surface area contributed by atoms with Crippen LogP contribution in [0.5, 0.6) is 0 Å². The maximum atomic E-state index is 12.7. The lowest BCUT2D eigenvalue weighted by molar-refractivity contribution is 0.0938. The number of carbonyl (C=O) groups is 2. The first-order valence-electron chi connectivity index (χ1n) is 9.04. The van der Waals surface area contributed by atoms with Gasteiger partial charge >= 0.3 is 0 Å². The molecule has 0 aliphatic rings. The summed E-state index contributed by atoms with van der Waals surface area (Å²) in [7, 11) is 0. The molecule has 2 heterocycles. The van der Waals surface area contributed by atoms with Gasteiger partial charge in [-0.25, -0.2) is 4.98 Å². The highest BCUT2D eigenvalue weighted by Gasteiger charge is 2.21. The van der Waals surface area contributed by atoms with E-state index in [1.54, 1.807) is 16.7 Å². The van der Waals surface area contributed by atoms with Crippen molar-refractivity contribution in [1.29, 1.82) is 0 Å². The van der Waals surface area contributed by atoms with Crippen LogP contribution in [-0.2, 0) is 6.54 Å². The van der Waals surface area contributed by atoms with E-state index in [0.717, 1.165) is 11.1 Å². The topological polar surface area (TPSA) is 75.5 Å². The van der Waals surface area contributed by atoms with Gasteiger partial charge in [-0.2, -0.15) is 0 Å². The van der Waals surface area contributed by atoms with E-state index in [-0.39, 0.29) is 23.3 Å². The van der Waals surface area contributed by atoms with E-state index in [2.05, 4.69) is 15.6 Å². The fourth-order valence-electron chi connectivity index (χ4n) is 2.83. The van der Waals surface area contributed by atoms with E-state index < -0.39 is 0 Å². The first-order chi connectivity index (χ1) is 13.0. The Balaban J connectivity index is 1.83. The summed E-state index contributed by atoms with van der Waals surface area (Å²) in [5.41, 5.74) is 3.01. The van der Waals surface area contributed by atoms with Gasteiger partial charge in [-0.05, 0) is 30.5 Å². The number of hydrogen-bond acceptors (Lipinski definition) is 3. The van der Waals surface area contributed by atoms with Crippen molar-refractivity contribution in [1.82, 2.24) is 20.0 Å². The van der Waals surface area contributed by atoms with Crippen LogP contribution in [-0.4, -0.2) is 27.7 Å². The molecular formula is C21H24N4O2. The van der Waals surface area contributed by atoms with Crippen LogP contribution in [0.2, 0.25) is 0 Å². The Labute approximate surface area is 158 Å². The molecule has 0 saturated carbocycles. The number of nitrogens with one attached hydrogen (secondary N) is 2. The van der Waals surface area contributed by atoms with Gasteiger partial charge in [0.15, 0.2) is 5.69 Å². The normalized spacial score (nSPS) is 11.0. The van der Waals surface area contributed by atoms with Gasteiger partial charge in [-0.1, -0.05) is 49.7 Å². The average Bonchev–Trinajstić information content (AvgIpc) is 3.04. The van der Waals surface area contributed by atoms with Crippen LogP contribution in [0, 0.1) is 12.8 Å². The van der Waals surface area contributed by atoms with Gasteiger partial charge in [-0.15, -0.1) is 0 Å². The van der Waals surface area contributed by atoms with E-state index in [1.807, 2.05) is 57.2 Å². The SMILES string of the molecule is Cc1cccc(CNC(=O)c2nc(C(=O)NCC(C)C)n3ccccc23)c1. The number of aryl methyl sites for hydroxylation is 1. The molecule has 2 N–H and O–H groups in total. The zero-order chi connectivity index (χ0) is 19.4. The van der Waals surface area contributed by atoms with Crippen molar-refractivity contribution < 1.29 is 9.59 Å². The Hall–Kier alpha value is -3.15. The third-order valence-electron chi connectivity index (χ3n) is 4.17. The number of benzene rings is 1. The maximum absolute atomic E-state index is 12.7. The van der Waals surface area contributed by atoms with Crippen LogP contribution < -0.4 is 10.6 Å². The molecule has 6 heteroatoms. The maximum Gasteiger partial charge on any atom is 0.287 e. The standard InChI is InChI=1S/C21H24N4O2/c1-14(2)12-22-21(27)19-24-18(17-9-4-5-10-25(17)19)20(26)23-13-16-8-6-7-15(3)11-16/h4-11,14H,12-13H2,1-3H3,(H,22,27)(H,23,26). The monoisotopic (exact) mass is 364 g/mol. The number of rotatable bonds is 6. The van der Waals surface area contributed by atoms with Crippen molar-refractivity contribution in [2.75, 3.05) is 6.54 Å². The average molecular weight is 364 g/mol. The molecule has 3 aromatic rings. The number of aromatic nitrogens is 2. The molecule has 0 radical (unpaired) electrons. The molecule has 0 saturated heterocycles. The minimum absolute atomic E-state index is 0.215. The molecule has 140 valence electrons. The van der Waals surface area contributed by atoms with E-state index in [4.69, 9.17) is 0 Å². The van der Waals surface area contributed by atoms with Gasteiger partial charge in [0.05, 0.1) is 5.52 Å². The predicted molar refractivity (Wildman–Crippen MR) is 105 cm³/mol. The lowest BCUT2D eigenvalue weighted by Crippen LogP contribution is -2.29. The Morgan fingerprint density at radius 2 is 1.89 bits per heavy atom. The van der Waals surface area contributed by atoms with Gasteiger partial charge in [-0.3, -0.25) is 14.0 Å². The van der Waals surface area contributed by atoms with Gasteiger partial charge < -0.3 is 10.6 Å². The van der Waals surface area contributed by atoms with Crippen molar-refractivity contribution in [3.05, 3.63) is 71.3 Å². The first-order valence-corrected chi connectivity index (χ1v) is 9.04. The molecular weight excluding hydrogens is 340 g/mol. The number of amides is 2. The summed E-state index contributed by atoms with van der Waals surface area (Å²) in [5.74, 6) is -0.0463. The molecule has 6 nitrogen and oxygen atoms in total. The van der Waals surface area contributed by atoms with Crippen molar-refractivity contribution in [2.45, 2.75) is 27.3 Å². The zero-order valence-electron chi connectivity index (χ0n) is 15.8. The van der Waals surface area contributed by atoms with Crippen molar-refractivity contribution in [3.63, 3.8) is 0 Å². The number of fused-ring (bicyclic) bond motifs is 1. The fourth-order valence-corrected chi connectivity index (χ4v) is 2.83. The molecule has 3 rings (SSSR count). The summed E-state index contributed by atoms with van der Waals surface area (Å²) in [4.78, 5) is 29.5. The number of nitrogens with zero attached hydrogens (tertiary/aromatic N) is 2. The second kappa shape index (κ2) is 8.03. The Bertz CT molecular complexity index is 975. The van der Waals surface area contributed by atoms with Gasteiger partial charge in [0.25, 0.3) is 11.8 Å². The van der Waals surface area contributed by atoms with Crippen LogP contribution in [0.3, 0.4) is 0 Å². The molecule has 27 heavy (non-hydrogen) atoms. The van der Waals surface area contributed by atoms with Gasteiger partial charge in [0.1, 0.15) is 0 Å². The molecule has 0 aliphatic heterocycles. The van der Waals surface area contributed by atoms with Crippen LogP contribution in [0.25, 0.3) is 5.52 Å². The van der Waals surface area contributed by atoms with Crippen molar-refractivity contribution in [3.8, 4) is 0 Å². The molecule has 0 atom stereocenters.